The Hall–Kier alpha value is 0.200. The predicted molar refractivity (Wildman–Crippen MR) is 48.4 cm³/mol. The van der Waals surface area contributed by atoms with Crippen molar-refractivity contribution >= 4 is 28.4 Å². The van der Waals surface area contributed by atoms with Gasteiger partial charge in [-0.2, -0.15) is 0 Å². The molecule has 1 unspecified atom stereocenters. The van der Waals surface area contributed by atoms with Gasteiger partial charge in [0.2, 0.25) is 0 Å². The lowest BCUT2D eigenvalue weighted by Gasteiger charge is -2.06. The van der Waals surface area contributed by atoms with E-state index in [2.05, 4.69) is 39.8 Å². The normalized spacial score (nSPS) is 20.9. The molecule has 0 aromatic heterocycles. The molecule has 3 heteroatoms. The zero-order valence-electron chi connectivity index (χ0n) is 5.52. The van der Waals surface area contributed by atoms with E-state index >= 15 is 0 Å². The van der Waals surface area contributed by atoms with Crippen molar-refractivity contribution in [2.24, 2.45) is 10.9 Å². The third-order valence-corrected chi connectivity index (χ3v) is 2.72. The fourth-order valence-corrected chi connectivity index (χ4v) is 1.24. The second-order valence-electron chi connectivity index (χ2n) is 2.25. The first kappa shape index (κ1) is 7.31. The van der Waals surface area contributed by atoms with Crippen molar-refractivity contribution in [1.29, 1.82) is 0 Å². The number of nitrogens with one attached hydrogen (secondary N) is 1. The highest BCUT2D eigenvalue weighted by molar-refractivity contribution is 14.1. The summed E-state index contributed by atoms with van der Waals surface area (Å²) in [5.41, 5.74) is 0. The molecule has 1 aliphatic heterocycles. The van der Waals surface area contributed by atoms with Crippen LogP contribution >= 0.6 is 22.6 Å². The second kappa shape index (κ2) is 3.39. The van der Waals surface area contributed by atoms with Gasteiger partial charge in [0.05, 0.1) is 6.54 Å². The highest BCUT2D eigenvalue weighted by atomic mass is 127. The summed E-state index contributed by atoms with van der Waals surface area (Å²) >= 11 is 2.38. The van der Waals surface area contributed by atoms with Crippen molar-refractivity contribution in [3.8, 4) is 0 Å². The summed E-state index contributed by atoms with van der Waals surface area (Å²) in [7, 11) is 0. The minimum absolute atomic E-state index is 0.619. The molecular formula is C6H11IN2. The van der Waals surface area contributed by atoms with Crippen LogP contribution in [0.5, 0.6) is 0 Å². The number of hydrogen-bond donors (Lipinski definition) is 1. The second-order valence-corrected chi connectivity index (χ2v) is 3.13. The van der Waals surface area contributed by atoms with Crippen LogP contribution in [-0.2, 0) is 0 Å². The Morgan fingerprint density at radius 3 is 3.11 bits per heavy atom. The van der Waals surface area contributed by atoms with E-state index in [4.69, 9.17) is 0 Å². The van der Waals surface area contributed by atoms with Gasteiger partial charge in [0.15, 0.2) is 0 Å². The number of hydrogen-bond acceptors (Lipinski definition) is 2. The summed E-state index contributed by atoms with van der Waals surface area (Å²) < 4.78 is 1.16. The summed E-state index contributed by atoms with van der Waals surface area (Å²) in [6.07, 6.45) is 0. The summed E-state index contributed by atoms with van der Waals surface area (Å²) in [4.78, 5) is 4.31. The molecule has 0 bridgehead atoms. The van der Waals surface area contributed by atoms with E-state index in [1.807, 2.05) is 0 Å². The van der Waals surface area contributed by atoms with Crippen LogP contribution < -0.4 is 5.32 Å². The Morgan fingerprint density at radius 2 is 2.67 bits per heavy atom. The Morgan fingerprint density at radius 1 is 1.89 bits per heavy atom. The molecule has 0 saturated carbocycles. The van der Waals surface area contributed by atoms with Crippen molar-refractivity contribution in [3.05, 3.63) is 0 Å². The molecule has 1 rings (SSSR count). The molecule has 0 aromatic carbocycles. The molecule has 0 aliphatic carbocycles. The van der Waals surface area contributed by atoms with Crippen LogP contribution in [0.3, 0.4) is 0 Å². The number of aliphatic imine (C=N–C) groups is 1. The largest absolute Gasteiger partial charge is 0.372 e. The first-order chi connectivity index (χ1) is 4.34. The summed E-state index contributed by atoms with van der Waals surface area (Å²) in [6.45, 7) is 4.20. The van der Waals surface area contributed by atoms with E-state index in [1.54, 1.807) is 0 Å². The monoisotopic (exact) mass is 238 g/mol. The quantitative estimate of drug-likeness (QED) is 0.564. The number of nitrogens with zero attached hydrogens (tertiary/aromatic N) is 1. The molecule has 1 heterocycles. The third-order valence-electron chi connectivity index (χ3n) is 1.40. The zero-order chi connectivity index (χ0) is 6.69. The molecule has 0 radical (unpaired) electrons. The molecule has 0 fully saturated rings. The van der Waals surface area contributed by atoms with Crippen molar-refractivity contribution in [2.45, 2.75) is 6.92 Å². The van der Waals surface area contributed by atoms with Gasteiger partial charge in [-0.05, 0) is 0 Å². The van der Waals surface area contributed by atoms with Crippen molar-refractivity contribution in [2.75, 3.05) is 17.5 Å². The van der Waals surface area contributed by atoms with Crippen LogP contribution in [0.25, 0.3) is 0 Å². The molecule has 0 aromatic rings. The van der Waals surface area contributed by atoms with Gasteiger partial charge in [0.1, 0.15) is 5.84 Å². The maximum atomic E-state index is 4.31. The van der Waals surface area contributed by atoms with E-state index in [0.29, 0.717) is 5.92 Å². The maximum Gasteiger partial charge on any atom is 0.100 e. The number of halogens is 1. The predicted octanol–water partition coefficient (Wildman–Crippen LogP) is 1.06. The zero-order valence-corrected chi connectivity index (χ0v) is 7.68. The Kier molecular flexibility index (Phi) is 2.75. The number of rotatable bonds is 2. The van der Waals surface area contributed by atoms with Gasteiger partial charge in [0.25, 0.3) is 0 Å². The van der Waals surface area contributed by atoms with Crippen LogP contribution in [0.15, 0.2) is 4.99 Å². The smallest absolute Gasteiger partial charge is 0.100 e. The van der Waals surface area contributed by atoms with Gasteiger partial charge >= 0.3 is 0 Å². The number of alkyl halides is 1. The SMILES string of the molecule is CC(CI)C1=NCCN1. The first-order valence-corrected chi connectivity index (χ1v) is 4.71. The molecule has 1 atom stereocenters. The highest BCUT2D eigenvalue weighted by Gasteiger charge is 2.11. The fourth-order valence-electron chi connectivity index (χ4n) is 0.819. The molecule has 1 aliphatic rings. The van der Waals surface area contributed by atoms with Crippen LogP contribution in [0, 0.1) is 5.92 Å². The van der Waals surface area contributed by atoms with E-state index in [0.717, 1.165) is 17.5 Å². The first-order valence-electron chi connectivity index (χ1n) is 3.18. The van der Waals surface area contributed by atoms with Crippen molar-refractivity contribution in [1.82, 2.24) is 5.32 Å². The molecule has 9 heavy (non-hydrogen) atoms. The van der Waals surface area contributed by atoms with Gasteiger partial charge in [0, 0.05) is 16.9 Å². The lowest BCUT2D eigenvalue weighted by molar-refractivity contribution is 0.861. The average molecular weight is 238 g/mol. The summed E-state index contributed by atoms with van der Waals surface area (Å²) in [5.74, 6) is 1.82. The van der Waals surface area contributed by atoms with E-state index in [9.17, 15) is 0 Å². The van der Waals surface area contributed by atoms with E-state index in [-0.39, 0.29) is 0 Å². The van der Waals surface area contributed by atoms with Crippen LogP contribution in [0.1, 0.15) is 6.92 Å². The topological polar surface area (TPSA) is 24.4 Å². The molecule has 2 nitrogen and oxygen atoms in total. The molecule has 0 amide bonds. The van der Waals surface area contributed by atoms with Crippen LogP contribution in [-0.4, -0.2) is 23.4 Å². The fraction of sp³-hybridized carbons (Fsp3) is 0.833. The molecule has 0 spiro atoms. The molecule has 52 valence electrons. The van der Waals surface area contributed by atoms with E-state index < -0.39 is 0 Å². The Balaban J connectivity index is 2.40. The van der Waals surface area contributed by atoms with Gasteiger partial charge in [-0.25, -0.2) is 0 Å². The summed E-state index contributed by atoms with van der Waals surface area (Å²) in [6, 6.07) is 0. The highest BCUT2D eigenvalue weighted by Crippen LogP contribution is 2.03. The van der Waals surface area contributed by atoms with Gasteiger partial charge < -0.3 is 5.32 Å². The summed E-state index contributed by atoms with van der Waals surface area (Å²) in [5, 5.41) is 3.25. The standard InChI is InChI=1S/C6H11IN2/c1-5(4-7)6-8-2-3-9-6/h5H,2-4H2,1H3,(H,8,9). The lowest BCUT2D eigenvalue weighted by Crippen LogP contribution is -2.25. The lowest BCUT2D eigenvalue weighted by atomic mass is 10.2. The van der Waals surface area contributed by atoms with Gasteiger partial charge in [-0.15, -0.1) is 0 Å². The van der Waals surface area contributed by atoms with Crippen LogP contribution in [0.4, 0.5) is 0 Å². The van der Waals surface area contributed by atoms with Gasteiger partial charge in [-0.1, -0.05) is 29.5 Å². The van der Waals surface area contributed by atoms with Gasteiger partial charge in [-0.3, -0.25) is 4.99 Å². The Bertz CT molecular complexity index is 122. The Labute approximate surface area is 69.3 Å². The van der Waals surface area contributed by atoms with Crippen molar-refractivity contribution < 1.29 is 0 Å². The third kappa shape index (κ3) is 1.81. The average Bonchev–Trinajstić information content (AvgIpc) is 2.37. The minimum atomic E-state index is 0.619. The van der Waals surface area contributed by atoms with Crippen molar-refractivity contribution in [3.63, 3.8) is 0 Å². The minimum Gasteiger partial charge on any atom is -0.372 e. The molecular weight excluding hydrogens is 227 g/mol. The molecule has 0 saturated heterocycles. The van der Waals surface area contributed by atoms with Crippen LogP contribution in [0.2, 0.25) is 0 Å². The number of amidine groups is 1. The molecule has 1 N–H and O–H groups in total. The van der Waals surface area contributed by atoms with E-state index in [1.165, 1.54) is 5.84 Å². The maximum absolute atomic E-state index is 4.31.